The maximum absolute atomic E-state index is 12.2. The highest BCUT2D eigenvalue weighted by atomic mass is 16.1. The third kappa shape index (κ3) is 4.51. The lowest BCUT2D eigenvalue weighted by Crippen LogP contribution is -2.14. The molecule has 1 amide bonds. The van der Waals surface area contributed by atoms with E-state index in [2.05, 4.69) is 15.6 Å². The van der Waals surface area contributed by atoms with Gasteiger partial charge in [-0.25, -0.2) is 0 Å². The van der Waals surface area contributed by atoms with Crippen molar-refractivity contribution in [1.82, 2.24) is 10.3 Å². The predicted molar refractivity (Wildman–Crippen MR) is 95.6 cm³/mol. The van der Waals surface area contributed by atoms with Gasteiger partial charge in [-0.1, -0.05) is 36.4 Å². The van der Waals surface area contributed by atoms with Crippen molar-refractivity contribution in [3.05, 3.63) is 95.8 Å². The molecule has 2 N–H and O–H groups in total. The fourth-order valence-corrected chi connectivity index (χ4v) is 2.41. The van der Waals surface area contributed by atoms with Gasteiger partial charge in [-0.3, -0.25) is 9.78 Å². The SMILES string of the molecule is O=C(Nc1cccc(CNCc2cccnc2)c1)c1ccccc1. The van der Waals surface area contributed by atoms with Crippen LogP contribution in [0.5, 0.6) is 0 Å². The van der Waals surface area contributed by atoms with Gasteiger partial charge in [-0.2, -0.15) is 0 Å². The van der Waals surface area contributed by atoms with E-state index in [1.807, 2.05) is 60.8 Å². The minimum atomic E-state index is -0.101. The number of amides is 1. The van der Waals surface area contributed by atoms with E-state index in [0.29, 0.717) is 5.56 Å². The molecule has 0 fully saturated rings. The lowest BCUT2D eigenvalue weighted by Gasteiger charge is -2.09. The molecule has 2 aromatic carbocycles. The topological polar surface area (TPSA) is 54.0 Å². The third-order valence-electron chi connectivity index (χ3n) is 3.60. The molecule has 4 heteroatoms. The van der Waals surface area contributed by atoms with Crippen LogP contribution < -0.4 is 10.6 Å². The highest BCUT2D eigenvalue weighted by Crippen LogP contribution is 2.12. The summed E-state index contributed by atoms with van der Waals surface area (Å²) in [5.74, 6) is -0.101. The average molecular weight is 317 g/mol. The number of nitrogens with zero attached hydrogens (tertiary/aromatic N) is 1. The second-order valence-electron chi connectivity index (χ2n) is 5.49. The molecule has 0 aliphatic rings. The molecule has 3 rings (SSSR count). The number of anilines is 1. The first-order valence-electron chi connectivity index (χ1n) is 7.86. The normalized spacial score (nSPS) is 10.3. The van der Waals surface area contributed by atoms with E-state index >= 15 is 0 Å². The number of carbonyl (C=O) groups excluding carboxylic acids is 1. The number of benzene rings is 2. The summed E-state index contributed by atoms with van der Waals surface area (Å²) in [7, 11) is 0. The summed E-state index contributed by atoms with van der Waals surface area (Å²) in [6, 6.07) is 21.0. The molecule has 1 heterocycles. The monoisotopic (exact) mass is 317 g/mol. The Labute approximate surface area is 141 Å². The minimum absolute atomic E-state index is 0.101. The number of nitrogens with one attached hydrogen (secondary N) is 2. The van der Waals surface area contributed by atoms with Crippen molar-refractivity contribution in [2.45, 2.75) is 13.1 Å². The van der Waals surface area contributed by atoms with Crippen LogP contribution in [-0.4, -0.2) is 10.9 Å². The zero-order valence-corrected chi connectivity index (χ0v) is 13.3. The second kappa shape index (κ2) is 8.04. The van der Waals surface area contributed by atoms with E-state index in [0.717, 1.165) is 29.9 Å². The molecule has 4 nitrogen and oxygen atoms in total. The molecule has 0 saturated carbocycles. The molecule has 3 aromatic rings. The number of aromatic nitrogens is 1. The summed E-state index contributed by atoms with van der Waals surface area (Å²) in [6.45, 7) is 1.48. The first kappa shape index (κ1) is 15.9. The van der Waals surface area contributed by atoms with Gasteiger partial charge in [-0.15, -0.1) is 0 Å². The van der Waals surface area contributed by atoms with Gasteiger partial charge in [0.25, 0.3) is 5.91 Å². The van der Waals surface area contributed by atoms with Crippen molar-refractivity contribution in [3.63, 3.8) is 0 Å². The van der Waals surface area contributed by atoms with E-state index in [-0.39, 0.29) is 5.91 Å². The molecular weight excluding hydrogens is 298 g/mol. The predicted octanol–water partition coefficient (Wildman–Crippen LogP) is 3.62. The molecule has 0 saturated heterocycles. The second-order valence-corrected chi connectivity index (χ2v) is 5.49. The lowest BCUT2D eigenvalue weighted by molar-refractivity contribution is 0.102. The van der Waals surface area contributed by atoms with Crippen LogP contribution in [0.2, 0.25) is 0 Å². The number of rotatable bonds is 6. The number of pyridine rings is 1. The van der Waals surface area contributed by atoms with Crippen LogP contribution in [0.15, 0.2) is 79.1 Å². The van der Waals surface area contributed by atoms with E-state index in [1.165, 1.54) is 0 Å². The molecule has 0 aliphatic heterocycles. The largest absolute Gasteiger partial charge is 0.322 e. The van der Waals surface area contributed by atoms with Gasteiger partial charge in [-0.05, 0) is 41.5 Å². The maximum Gasteiger partial charge on any atom is 0.255 e. The summed E-state index contributed by atoms with van der Waals surface area (Å²) in [6.07, 6.45) is 3.62. The molecular formula is C20H19N3O. The average Bonchev–Trinajstić information content (AvgIpc) is 2.64. The smallest absolute Gasteiger partial charge is 0.255 e. The Morgan fingerprint density at radius 1 is 0.875 bits per heavy atom. The summed E-state index contributed by atoms with van der Waals surface area (Å²) >= 11 is 0. The Bertz CT molecular complexity index is 788. The number of hydrogen-bond donors (Lipinski definition) is 2. The summed E-state index contributed by atoms with van der Waals surface area (Å²) < 4.78 is 0. The van der Waals surface area contributed by atoms with Crippen molar-refractivity contribution in [2.75, 3.05) is 5.32 Å². The van der Waals surface area contributed by atoms with Crippen LogP contribution >= 0.6 is 0 Å². The maximum atomic E-state index is 12.2. The van der Waals surface area contributed by atoms with Gasteiger partial charge in [0, 0.05) is 36.7 Å². The Balaban J connectivity index is 1.57. The number of carbonyl (C=O) groups is 1. The van der Waals surface area contributed by atoms with Crippen molar-refractivity contribution in [3.8, 4) is 0 Å². The van der Waals surface area contributed by atoms with Gasteiger partial charge in [0.15, 0.2) is 0 Å². The fraction of sp³-hybridized carbons (Fsp3) is 0.100. The Kier molecular flexibility index (Phi) is 5.32. The van der Waals surface area contributed by atoms with Gasteiger partial charge in [0.1, 0.15) is 0 Å². The van der Waals surface area contributed by atoms with Gasteiger partial charge in [0.2, 0.25) is 0 Å². The Morgan fingerprint density at radius 2 is 1.67 bits per heavy atom. The van der Waals surface area contributed by atoms with E-state index in [1.54, 1.807) is 18.3 Å². The van der Waals surface area contributed by atoms with E-state index < -0.39 is 0 Å². The fourth-order valence-electron chi connectivity index (χ4n) is 2.41. The van der Waals surface area contributed by atoms with Crippen molar-refractivity contribution in [2.24, 2.45) is 0 Å². The van der Waals surface area contributed by atoms with Gasteiger partial charge >= 0.3 is 0 Å². The molecule has 0 spiro atoms. The van der Waals surface area contributed by atoms with Crippen LogP contribution in [-0.2, 0) is 13.1 Å². The van der Waals surface area contributed by atoms with Crippen molar-refractivity contribution >= 4 is 11.6 Å². The molecule has 0 atom stereocenters. The van der Waals surface area contributed by atoms with Crippen LogP contribution in [0.3, 0.4) is 0 Å². The molecule has 0 radical (unpaired) electrons. The summed E-state index contributed by atoms with van der Waals surface area (Å²) in [4.78, 5) is 16.3. The zero-order chi connectivity index (χ0) is 16.6. The Morgan fingerprint density at radius 3 is 2.46 bits per heavy atom. The van der Waals surface area contributed by atoms with Crippen LogP contribution in [0.25, 0.3) is 0 Å². The summed E-state index contributed by atoms with van der Waals surface area (Å²) in [5.41, 5.74) is 3.71. The molecule has 0 bridgehead atoms. The number of hydrogen-bond acceptors (Lipinski definition) is 3. The minimum Gasteiger partial charge on any atom is -0.322 e. The van der Waals surface area contributed by atoms with Crippen LogP contribution in [0, 0.1) is 0 Å². The quantitative estimate of drug-likeness (QED) is 0.730. The first-order chi connectivity index (χ1) is 11.8. The molecule has 0 aliphatic carbocycles. The van der Waals surface area contributed by atoms with Crippen molar-refractivity contribution in [1.29, 1.82) is 0 Å². The van der Waals surface area contributed by atoms with Gasteiger partial charge in [0.05, 0.1) is 0 Å². The third-order valence-corrected chi connectivity index (χ3v) is 3.60. The highest BCUT2D eigenvalue weighted by Gasteiger charge is 2.05. The lowest BCUT2D eigenvalue weighted by atomic mass is 10.1. The highest BCUT2D eigenvalue weighted by molar-refractivity contribution is 6.04. The molecule has 1 aromatic heterocycles. The molecule has 24 heavy (non-hydrogen) atoms. The van der Waals surface area contributed by atoms with Gasteiger partial charge < -0.3 is 10.6 Å². The first-order valence-corrected chi connectivity index (χ1v) is 7.86. The molecule has 120 valence electrons. The standard InChI is InChI=1S/C20H19N3O/c24-20(18-8-2-1-3-9-18)23-19-10-4-6-16(12-19)13-22-15-17-7-5-11-21-14-17/h1-12,14,22H,13,15H2,(H,23,24). The van der Waals surface area contributed by atoms with Crippen LogP contribution in [0.1, 0.15) is 21.5 Å². The summed E-state index contributed by atoms with van der Waals surface area (Å²) in [5, 5.41) is 6.31. The van der Waals surface area contributed by atoms with Crippen molar-refractivity contribution < 1.29 is 4.79 Å². The molecule has 0 unspecified atom stereocenters. The zero-order valence-electron chi connectivity index (χ0n) is 13.3. The van der Waals surface area contributed by atoms with E-state index in [9.17, 15) is 4.79 Å². The van der Waals surface area contributed by atoms with E-state index in [4.69, 9.17) is 0 Å². The van der Waals surface area contributed by atoms with Crippen LogP contribution in [0.4, 0.5) is 5.69 Å². The Hall–Kier alpha value is -2.98.